The largest absolute Gasteiger partial charge is 0.458 e. The fraction of sp³-hybridized carbons (Fsp3) is 0.917. The minimum absolute atomic E-state index is 0.168. The molecule has 0 unspecified atom stereocenters. The number of carbonyl (C=O) groups is 1. The number of carbonyl (C=O) groups excluding carboxylic acids is 1. The topological polar surface area (TPSA) is 66.8 Å². The summed E-state index contributed by atoms with van der Waals surface area (Å²) in [6.45, 7) is 6.35. The SMILES string of the molecule is CC(C)[C@@H]1CC[C@@H](C)C[C@H]1OC(=O)C(O)O. The standard InChI is InChI=1S/C12H22O4/c1-7(2)9-5-4-8(3)6-10(9)16-12(15)11(13)14/h7-11,13-14H,4-6H2,1-3H3/t8-,9+,10-/m1/s1. The predicted octanol–water partition coefficient (Wildman–Crippen LogP) is 1.30. The van der Waals surface area contributed by atoms with Crippen LogP contribution in [0.15, 0.2) is 0 Å². The van der Waals surface area contributed by atoms with Crippen LogP contribution in [0.5, 0.6) is 0 Å². The molecule has 1 aliphatic rings. The normalized spacial score (nSPS) is 30.8. The minimum atomic E-state index is -2.01. The summed E-state index contributed by atoms with van der Waals surface area (Å²) in [5.41, 5.74) is 0. The maximum Gasteiger partial charge on any atom is 0.363 e. The maximum atomic E-state index is 11.2. The highest BCUT2D eigenvalue weighted by Crippen LogP contribution is 2.35. The fourth-order valence-corrected chi connectivity index (χ4v) is 2.46. The Kier molecular flexibility index (Phi) is 4.74. The molecular formula is C12H22O4. The number of aliphatic hydroxyl groups is 2. The second kappa shape index (κ2) is 5.64. The molecule has 1 rings (SSSR count). The van der Waals surface area contributed by atoms with Gasteiger partial charge in [0, 0.05) is 0 Å². The van der Waals surface area contributed by atoms with E-state index >= 15 is 0 Å². The van der Waals surface area contributed by atoms with Crippen LogP contribution in [0.2, 0.25) is 0 Å². The Balaban J connectivity index is 2.61. The van der Waals surface area contributed by atoms with Crippen molar-refractivity contribution in [1.82, 2.24) is 0 Å². The summed E-state index contributed by atoms with van der Waals surface area (Å²) in [7, 11) is 0. The third-order valence-corrected chi connectivity index (χ3v) is 3.44. The van der Waals surface area contributed by atoms with Crippen molar-refractivity contribution >= 4 is 5.97 Å². The van der Waals surface area contributed by atoms with Crippen LogP contribution in [-0.4, -0.2) is 28.6 Å². The molecule has 0 aromatic heterocycles. The van der Waals surface area contributed by atoms with E-state index in [1.54, 1.807) is 0 Å². The summed E-state index contributed by atoms with van der Waals surface area (Å²) in [5.74, 6) is 0.383. The molecule has 0 aliphatic heterocycles. The molecule has 2 N–H and O–H groups in total. The first-order valence-electron chi connectivity index (χ1n) is 5.98. The number of rotatable bonds is 3. The van der Waals surface area contributed by atoms with Crippen LogP contribution in [0.25, 0.3) is 0 Å². The third kappa shape index (κ3) is 3.46. The predicted molar refractivity (Wildman–Crippen MR) is 59.4 cm³/mol. The molecule has 0 spiro atoms. The van der Waals surface area contributed by atoms with E-state index < -0.39 is 12.3 Å². The Morgan fingerprint density at radius 3 is 2.44 bits per heavy atom. The van der Waals surface area contributed by atoms with E-state index in [1.807, 2.05) is 0 Å². The van der Waals surface area contributed by atoms with Crippen molar-refractivity contribution in [3.05, 3.63) is 0 Å². The molecule has 1 saturated carbocycles. The van der Waals surface area contributed by atoms with Crippen LogP contribution in [0.1, 0.15) is 40.0 Å². The first-order chi connectivity index (χ1) is 7.41. The van der Waals surface area contributed by atoms with E-state index in [1.165, 1.54) is 0 Å². The first-order valence-corrected chi connectivity index (χ1v) is 5.98. The quantitative estimate of drug-likeness (QED) is 0.566. The second-order valence-corrected chi connectivity index (χ2v) is 5.18. The highest BCUT2D eigenvalue weighted by molar-refractivity contribution is 5.72. The summed E-state index contributed by atoms with van der Waals surface area (Å²) >= 11 is 0. The summed E-state index contributed by atoms with van der Waals surface area (Å²) in [5, 5.41) is 17.4. The highest BCUT2D eigenvalue weighted by atomic mass is 16.6. The molecule has 1 aliphatic carbocycles. The van der Waals surface area contributed by atoms with Crippen LogP contribution < -0.4 is 0 Å². The Labute approximate surface area is 96.6 Å². The van der Waals surface area contributed by atoms with E-state index in [0.29, 0.717) is 17.8 Å². The van der Waals surface area contributed by atoms with Crippen LogP contribution in [0, 0.1) is 17.8 Å². The van der Waals surface area contributed by atoms with Crippen molar-refractivity contribution in [1.29, 1.82) is 0 Å². The molecule has 0 heterocycles. The first kappa shape index (κ1) is 13.5. The molecule has 0 radical (unpaired) electrons. The number of ether oxygens (including phenoxy) is 1. The van der Waals surface area contributed by atoms with Crippen LogP contribution in [-0.2, 0) is 9.53 Å². The fourth-order valence-electron chi connectivity index (χ4n) is 2.46. The van der Waals surface area contributed by atoms with E-state index in [9.17, 15) is 4.79 Å². The molecule has 0 saturated heterocycles. The van der Waals surface area contributed by atoms with Gasteiger partial charge in [-0.1, -0.05) is 27.2 Å². The van der Waals surface area contributed by atoms with Gasteiger partial charge < -0.3 is 14.9 Å². The van der Waals surface area contributed by atoms with E-state index in [-0.39, 0.29) is 6.10 Å². The van der Waals surface area contributed by atoms with Gasteiger partial charge in [0.15, 0.2) is 0 Å². The van der Waals surface area contributed by atoms with E-state index in [0.717, 1.165) is 19.3 Å². The van der Waals surface area contributed by atoms with Crippen molar-refractivity contribution in [3.63, 3.8) is 0 Å². The molecule has 0 aromatic carbocycles. The molecule has 3 atom stereocenters. The van der Waals surface area contributed by atoms with E-state index in [2.05, 4.69) is 20.8 Å². The highest BCUT2D eigenvalue weighted by Gasteiger charge is 2.34. The van der Waals surface area contributed by atoms with Gasteiger partial charge in [-0.05, 0) is 30.6 Å². The van der Waals surface area contributed by atoms with Gasteiger partial charge in [0.1, 0.15) is 6.10 Å². The molecule has 0 bridgehead atoms. The lowest BCUT2D eigenvalue weighted by Gasteiger charge is -2.36. The lowest BCUT2D eigenvalue weighted by atomic mass is 9.75. The third-order valence-electron chi connectivity index (χ3n) is 3.44. The molecule has 0 aromatic rings. The molecule has 94 valence electrons. The van der Waals surface area contributed by atoms with Crippen molar-refractivity contribution in [2.24, 2.45) is 17.8 Å². The zero-order valence-corrected chi connectivity index (χ0v) is 10.2. The van der Waals surface area contributed by atoms with Crippen molar-refractivity contribution in [2.75, 3.05) is 0 Å². The van der Waals surface area contributed by atoms with Gasteiger partial charge in [-0.15, -0.1) is 0 Å². The van der Waals surface area contributed by atoms with Gasteiger partial charge in [0.05, 0.1) is 0 Å². The Bertz CT molecular complexity index is 237. The second-order valence-electron chi connectivity index (χ2n) is 5.18. The average Bonchev–Trinajstić information content (AvgIpc) is 2.16. The molecule has 0 amide bonds. The number of esters is 1. The number of hydrogen-bond acceptors (Lipinski definition) is 4. The van der Waals surface area contributed by atoms with Gasteiger partial charge >= 0.3 is 5.97 Å². The molecule has 4 heteroatoms. The van der Waals surface area contributed by atoms with Gasteiger partial charge in [-0.3, -0.25) is 0 Å². The summed E-state index contributed by atoms with van der Waals surface area (Å²) < 4.78 is 5.16. The Morgan fingerprint density at radius 2 is 1.94 bits per heavy atom. The minimum Gasteiger partial charge on any atom is -0.458 e. The van der Waals surface area contributed by atoms with Gasteiger partial charge in [0.2, 0.25) is 0 Å². The molecule has 4 nitrogen and oxygen atoms in total. The maximum absolute atomic E-state index is 11.2. The summed E-state index contributed by atoms with van der Waals surface area (Å²) in [6.07, 6.45) is 0.834. The molecule has 16 heavy (non-hydrogen) atoms. The smallest absolute Gasteiger partial charge is 0.363 e. The van der Waals surface area contributed by atoms with Crippen molar-refractivity contribution in [3.8, 4) is 0 Å². The van der Waals surface area contributed by atoms with Gasteiger partial charge in [0.25, 0.3) is 6.29 Å². The zero-order valence-electron chi connectivity index (χ0n) is 10.2. The number of aliphatic hydroxyl groups excluding tert-OH is 1. The van der Waals surface area contributed by atoms with E-state index in [4.69, 9.17) is 14.9 Å². The number of hydrogen-bond donors (Lipinski definition) is 2. The average molecular weight is 230 g/mol. The Hall–Kier alpha value is -0.610. The van der Waals surface area contributed by atoms with Crippen LogP contribution >= 0.6 is 0 Å². The molecule has 1 fully saturated rings. The van der Waals surface area contributed by atoms with Crippen LogP contribution in [0.4, 0.5) is 0 Å². The van der Waals surface area contributed by atoms with Gasteiger partial charge in [-0.25, -0.2) is 4.79 Å². The van der Waals surface area contributed by atoms with Gasteiger partial charge in [-0.2, -0.15) is 0 Å². The van der Waals surface area contributed by atoms with Crippen LogP contribution in [0.3, 0.4) is 0 Å². The monoisotopic (exact) mass is 230 g/mol. The van der Waals surface area contributed by atoms with Crippen molar-refractivity contribution in [2.45, 2.75) is 52.4 Å². The summed E-state index contributed by atoms with van der Waals surface area (Å²) in [6, 6.07) is 0. The lowest BCUT2D eigenvalue weighted by Crippen LogP contribution is -2.38. The van der Waals surface area contributed by atoms with Crippen molar-refractivity contribution < 1.29 is 19.7 Å². The molecular weight excluding hydrogens is 208 g/mol. The lowest BCUT2D eigenvalue weighted by molar-refractivity contribution is -0.184. The zero-order chi connectivity index (χ0) is 12.3. The Morgan fingerprint density at radius 1 is 1.31 bits per heavy atom. The summed E-state index contributed by atoms with van der Waals surface area (Å²) in [4.78, 5) is 11.2.